The van der Waals surface area contributed by atoms with Gasteiger partial charge in [-0.2, -0.15) is 0 Å². The van der Waals surface area contributed by atoms with Gasteiger partial charge in [-0.25, -0.2) is 4.98 Å². The third kappa shape index (κ3) is 3.59. The summed E-state index contributed by atoms with van der Waals surface area (Å²) in [6, 6.07) is 7.53. The molecule has 0 amide bonds. The zero-order chi connectivity index (χ0) is 14.5. The Morgan fingerprint density at radius 1 is 1.40 bits per heavy atom. The van der Waals surface area contributed by atoms with Crippen LogP contribution in [0.15, 0.2) is 28.6 Å². The molecule has 0 aliphatic heterocycles. The predicted octanol–water partition coefficient (Wildman–Crippen LogP) is 3.21. The lowest BCUT2D eigenvalue weighted by Crippen LogP contribution is -2.05. The predicted molar refractivity (Wildman–Crippen MR) is 80.7 cm³/mol. The van der Waals surface area contributed by atoms with E-state index in [1.54, 1.807) is 7.11 Å². The molecule has 1 aromatic heterocycles. The van der Waals surface area contributed by atoms with E-state index in [-0.39, 0.29) is 0 Å². The van der Waals surface area contributed by atoms with Crippen LogP contribution in [-0.2, 0) is 16.1 Å². The first-order chi connectivity index (χ1) is 9.63. The third-order valence-electron chi connectivity index (χ3n) is 2.79. The highest BCUT2D eigenvalue weighted by Crippen LogP contribution is 2.29. The fraction of sp³-hybridized carbons (Fsp3) is 0.286. The van der Waals surface area contributed by atoms with E-state index >= 15 is 0 Å². The number of thiazole rings is 1. The monoisotopic (exact) mass is 309 g/mol. The maximum absolute atomic E-state index is 11.2. The number of aldehydes is 1. The van der Waals surface area contributed by atoms with E-state index in [4.69, 9.17) is 9.47 Å². The second-order valence-electron chi connectivity index (χ2n) is 4.16. The Balaban J connectivity index is 2.03. The van der Waals surface area contributed by atoms with Gasteiger partial charge >= 0.3 is 0 Å². The lowest BCUT2D eigenvalue weighted by Gasteiger charge is -2.11. The molecule has 20 heavy (non-hydrogen) atoms. The molecule has 1 heterocycles. The van der Waals surface area contributed by atoms with Gasteiger partial charge in [-0.15, -0.1) is 24.0 Å². The number of ether oxygens (including phenoxy) is 2. The normalized spacial score (nSPS) is 12.2. The average molecular weight is 309 g/mol. The topological polar surface area (TPSA) is 48.4 Å². The minimum absolute atomic E-state index is 0.354. The number of carbonyl (C=O) groups is 1. The number of nitrogens with zero attached hydrogens (tertiary/aromatic N) is 1. The summed E-state index contributed by atoms with van der Waals surface area (Å²) in [6.45, 7) is 2.20. The van der Waals surface area contributed by atoms with E-state index in [1.807, 2.05) is 31.2 Å². The van der Waals surface area contributed by atoms with Gasteiger partial charge in [0, 0.05) is 0 Å². The smallest absolute Gasteiger partial charge is 0.154 e. The van der Waals surface area contributed by atoms with E-state index in [9.17, 15) is 4.79 Å². The molecule has 0 aliphatic rings. The lowest BCUT2D eigenvalue weighted by atomic mass is 10.2. The van der Waals surface area contributed by atoms with Gasteiger partial charge in [0.05, 0.1) is 24.3 Å². The van der Waals surface area contributed by atoms with Crippen LogP contribution in [0, 0.1) is 6.92 Å². The summed E-state index contributed by atoms with van der Waals surface area (Å²) >= 11 is 5.56. The number of hydrogen-bond acceptors (Lipinski definition) is 6. The van der Waals surface area contributed by atoms with Crippen LogP contribution in [0.3, 0.4) is 0 Å². The molecule has 2 rings (SSSR count). The number of hydrogen-bond donors (Lipinski definition) is 1. The van der Waals surface area contributed by atoms with Gasteiger partial charge in [0.25, 0.3) is 0 Å². The van der Waals surface area contributed by atoms with E-state index in [1.165, 1.54) is 11.3 Å². The molecule has 6 heteroatoms. The Morgan fingerprint density at radius 3 is 2.60 bits per heavy atom. The molecule has 0 spiro atoms. The molecule has 0 saturated heterocycles. The molecule has 1 atom stereocenters. The average Bonchev–Trinajstić information content (AvgIpc) is 2.79. The van der Waals surface area contributed by atoms with Crippen molar-refractivity contribution in [3.05, 3.63) is 40.4 Å². The van der Waals surface area contributed by atoms with Crippen LogP contribution in [0.1, 0.15) is 22.2 Å². The van der Waals surface area contributed by atoms with Crippen molar-refractivity contribution in [3.63, 3.8) is 0 Å². The first-order valence-electron chi connectivity index (χ1n) is 6.00. The van der Waals surface area contributed by atoms with Crippen LogP contribution >= 0.6 is 24.0 Å². The van der Waals surface area contributed by atoms with Gasteiger partial charge < -0.3 is 14.3 Å². The number of thiol groups is 1. The molecule has 1 aromatic carbocycles. The number of carbonyl (C=O) groups excluding carboxylic acids is 1. The molecule has 0 radical (unpaired) electrons. The molecule has 4 nitrogen and oxygen atoms in total. The molecule has 0 aliphatic carbocycles. The first-order valence-corrected chi connectivity index (χ1v) is 7.26. The van der Waals surface area contributed by atoms with Crippen LogP contribution in [0.5, 0.6) is 5.75 Å². The number of aromatic nitrogens is 1. The third-order valence-corrected chi connectivity index (χ3v) is 4.19. The van der Waals surface area contributed by atoms with Crippen molar-refractivity contribution in [1.29, 1.82) is 0 Å². The first kappa shape index (κ1) is 15.0. The highest BCUT2D eigenvalue weighted by Gasteiger charge is 2.17. The molecule has 0 saturated carbocycles. The van der Waals surface area contributed by atoms with Crippen molar-refractivity contribution in [1.82, 2.24) is 4.98 Å². The summed E-state index contributed by atoms with van der Waals surface area (Å²) < 4.78 is 11.4. The number of methoxy groups -OCH3 is 1. The Bertz CT molecular complexity index is 581. The quantitative estimate of drug-likeness (QED) is 0.657. The fourth-order valence-electron chi connectivity index (χ4n) is 1.74. The van der Waals surface area contributed by atoms with Gasteiger partial charge in [-0.3, -0.25) is 0 Å². The van der Waals surface area contributed by atoms with Crippen LogP contribution < -0.4 is 4.74 Å². The van der Waals surface area contributed by atoms with E-state index in [0.29, 0.717) is 10.9 Å². The highest BCUT2D eigenvalue weighted by molar-refractivity contribution is 7.82. The van der Waals surface area contributed by atoms with Crippen molar-refractivity contribution >= 4 is 30.3 Å². The minimum Gasteiger partial charge on any atom is -0.497 e. The zero-order valence-electron chi connectivity index (χ0n) is 11.2. The van der Waals surface area contributed by atoms with Gasteiger partial charge in [0.15, 0.2) is 6.29 Å². The van der Waals surface area contributed by atoms with E-state index in [2.05, 4.69) is 17.6 Å². The second kappa shape index (κ2) is 6.88. The summed E-state index contributed by atoms with van der Waals surface area (Å²) in [5.41, 5.74) is 1.76. The maximum Gasteiger partial charge on any atom is 0.154 e. The van der Waals surface area contributed by atoms with Crippen LogP contribution in [0.2, 0.25) is 0 Å². The Kier molecular flexibility index (Phi) is 5.17. The van der Waals surface area contributed by atoms with Crippen LogP contribution in [0.4, 0.5) is 0 Å². The zero-order valence-corrected chi connectivity index (χ0v) is 12.9. The molecule has 2 aromatic rings. The molecule has 0 fully saturated rings. The Morgan fingerprint density at radius 2 is 2.10 bits per heavy atom. The summed E-state index contributed by atoms with van der Waals surface area (Å²) in [6.07, 6.45) is 0.188. The van der Waals surface area contributed by atoms with Crippen molar-refractivity contribution in [3.8, 4) is 5.75 Å². The molecule has 106 valence electrons. The van der Waals surface area contributed by atoms with Crippen LogP contribution in [0.25, 0.3) is 0 Å². The van der Waals surface area contributed by atoms with E-state index < -0.39 is 6.10 Å². The van der Waals surface area contributed by atoms with Gasteiger partial charge in [0.2, 0.25) is 0 Å². The fourth-order valence-corrected chi connectivity index (χ4v) is 3.00. The standard InChI is InChI=1S/C14H15NO3S2/c1-9-13(20-14(19)15-9)12(7-16)18-8-10-3-5-11(17-2)6-4-10/h3-7,12H,8H2,1-2H3,(H,15,19). The van der Waals surface area contributed by atoms with Crippen molar-refractivity contribution in [2.45, 2.75) is 24.0 Å². The SMILES string of the molecule is COc1ccc(COC(C=O)c2sc(S)nc2C)cc1. The van der Waals surface area contributed by atoms with Gasteiger partial charge in [-0.05, 0) is 24.6 Å². The largest absolute Gasteiger partial charge is 0.497 e. The molecule has 0 bridgehead atoms. The minimum atomic E-state index is -0.601. The Labute approximate surface area is 127 Å². The van der Waals surface area contributed by atoms with Crippen LogP contribution in [-0.4, -0.2) is 18.4 Å². The highest BCUT2D eigenvalue weighted by atomic mass is 32.2. The van der Waals surface area contributed by atoms with Crippen molar-refractivity contribution < 1.29 is 14.3 Å². The molecule has 0 N–H and O–H groups in total. The van der Waals surface area contributed by atoms with Gasteiger partial charge in [0.1, 0.15) is 16.2 Å². The van der Waals surface area contributed by atoms with Gasteiger partial charge in [-0.1, -0.05) is 12.1 Å². The number of aryl methyl sites for hydroxylation is 1. The summed E-state index contributed by atoms with van der Waals surface area (Å²) in [5.74, 6) is 0.790. The molecular weight excluding hydrogens is 294 g/mol. The maximum atomic E-state index is 11.2. The second-order valence-corrected chi connectivity index (χ2v) is 5.92. The summed E-state index contributed by atoms with van der Waals surface area (Å²) in [5, 5.41) is 0. The number of rotatable bonds is 6. The van der Waals surface area contributed by atoms with Crippen molar-refractivity contribution in [2.75, 3.05) is 7.11 Å². The van der Waals surface area contributed by atoms with Crippen molar-refractivity contribution in [2.24, 2.45) is 0 Å². The Hall–Kier alpha value is -1.37. The lowest BCUT2D eigenvalue weighted by molar-refractivity contribution is -0.119. The van der Waals surface area contributed by atoms with E-state index in [0.717, 1.165) is 28.2 Å². The molecular formula is C14H15NO3S2. The summed E-state index contributed by atoms with van der Waals surface area (Å²) in [7, 11) is 1.62. The summed E-state index contributed by atoms with van der Waals surface area (Å²) in [4.78, 5) is 16.2. The molecule has 1 unspecified atom stereocenters. The number of benzene rings is 1.